The van der Waals surface area contributed by atoms with Gasteiger partial charge in [0.05, 0.1) is 10.6 Å². The number of nitrogens with one attached hydrogen (secondary N) is 2. The number of nitro benzene ring substituents is 1. The lowest BCUT2D eigenvalue weighted by Gasteiger charge is -2.11. The highest BCUT2D eigenvalue weighted by Crippen LogP contribution is 2.27. The maximum atomic E-state index is 10.8. The number of aromatic nitrogens is 3. The summed E-state index contributed by atoms with van der Waals surface area (Å²) in [5.41, 5.74) is 2.47. The summed E-state index contributed by atoms with van der Waals surface area (Å²) in [6.45, 7) is 0. The summed E-state index contributed by atoms with van der Waals surface area (Å²) < 4.78 is 0. The van der Waals surface area contributed by atoms with Crippen molar-refractivity contribution in [2.45, 2.75) is 18.9 Å². The van der Waals surface area contributed by atoms with Crippen molar-refractivity contribution in [1.29, 1.82) is 0 Å². The van der Waals surface area contributed by atoms with Gasteiger partial charge in [-0.15, -0.1) is 0 Å². The molecule has 1 aliphatic carbocycles. The minimum absolute atomic E-state index is 0.0480. The summed E-state index contributed by atoms with van der Waals surface area (Å²) in [4.78, 5) is 23.5. The van der Waals surface area contributed by atoms with E-state index in [4.69, 9.17) is 0 Å². The molecular formula is C18H16N6O2. The summed E-state index contributed by atoms with van der Waals surface area (Å²) in [5.74, 6) is 1.18. The molecule has 0 radical (unpaired) electrons. The minimum Gasteiger partial charge on any atom is -0.351 e. The Bertz CT molecular complexity index is 926. The molecule has 0 unspecified atom stereocenters. The predicted octanol–water partition coefficient (Wildman–Crippen LogP) is 3.76. The molecule has 130 valence electrons. The van der Waals surface area contributed by atoms with Crippen molar-refractivity contribution in [2.24, 2.45) is 0 Å². The zero-order chi connectivity index (χ0) is 17.9. The van der Waals surface area contributed by atoms with Gasteiger partial charge in [0, 0.05) is 47.9 Å². The predicted molar refractivity (Wildman–Crippen MR) is 98.3 cm³/mol. The maximum absolute atomic E-state index is 10.8. The molecule has 0 aliphatic heterocycles. The van der Waals surface area contributed by atoms with Crippen molar-refractivity contribution in [1.82, 2.24) is 15.0 Å². The molecule has 4 rings (SSSR count). The van der Waals surface area contributed by atoms with E-state index >= 15 is 0 Å². The highest BCUT2D eigenvalue weighted by Gasteiger charge is 2.22. The monoisotopic (exact) mass is 348 g/mol. The van der Waals surface area contributed by atoms with E-state index in [0.717, 1.165) is 24.1 Å². The van der Waals surface area contributed by atoms with Crippen molar-refractivity contribution in [3.63, 3.8) is 0 Å². The van der Waals surface area contributed by atoms with Crippen LogP contribution in [-0.4, -0.2) is 25.9 Å². The molecule has 2 aromatic heterocycles. The number of rotatable bonds is 6. The van der Waals surface area contributed by atoms with E-state index in [1.54, 1.807) is 24.5 Å². The van der Waals surface area contributed by atoms with Crippen LogP contribution in [0.3, 0.4) is 0 Å². The average molecular weight is 348 g/mol. The summed E-state index contributed by atoms with van der Waals surface area (Å²) >= 11 is 0. The molecular weight excluding hydrogens is 332 g/mol. The van der Waals surface area contributed by atoms with E-state index in [2.05, 4.69) is 25.6 Å². The molecule has 1 fully saturated rings. The molecule has 26 heavy (non-hydrogen) atoms. The molecule has 0 bridgehead atoms. The molecule has 1 saturated carbocycles. The number of nitrogens with zero attached hydrogens (tertiary/aromatic N) is 4. The van der Waals surface area contributed by atoms with Crippen molar-refractivity contribution in [3.05, 3.63) is 65.0 Å². The molecule has 8 nitrogen and oxygen atoms in total. The van der Waals surface area contributed by atoms with Gasteiger partial charge in [0.2, 0.25) is 5.95 Å². The highest BCUT2D eigenvalue weighted by molar-refractivity contribution is 5.67. The first-order valence-electron chi connectivity index (χ1n) is 8.25. The zero-order valence-corrected chi connectivity index (χ0v) is 13.8. The third-order valence-corrected chi connectivity index (χ3v) is 3.96. The number of hydrogen-bond acceptors (Lipinski definition) is 7. The first-order valence-corrected chi connectivity index (χ1v) is 8.25. The van der Waals surface area contributed by atoms with Crippen LogP contribution in [0.15, 0.2) is 54.9 Å². The number of pyridine rings is 1. The van der Waals surface area contributed by atoms with Crippen molar-refractivity contribution >= 4 is 23.1 Å². The Balaban J connectivity index is 1.64. The van der Waals surface area contributed by atoms with Crippen LogP contribution >= 0.6 is 0 Å². The molecule has 8 heteroatoms. The van der Waals surface area contributed by atoms with Crippen molar-refractivity contribution in [2.75, 3.05) is 10.6 Å². The van der Waals surface area contributed by atoms with Crippen LogP contribution in [0.25, 0.3) is 11.3 Å². The van der Waals surface area contributed by atoms with Gasteiger partial charge >= 0.3 is 0 Å². The molecule has 0 spiro atoms. The van der Waals surface area contributed by atoms with E-state index in [-0.39, 0.29) is 5.69 Å². The Morgan fingerprint density at radius 1 is 1.04 bits per heavy atom. The number of anilines is 3. The smallest absolute Gasteiger partial charge is 0.269 e. The molecule has 0 atom stereocenters. The van der Waals surface area contributed by atoms with Crippen LogP contribution in [0.5, 0.6) is 0 Å². The largest absolute Gasteiger partial charge is 0.351 e. The van der Waals surface area contributed by atoms with Crippen LogP contribution in [0.1, 0.15) is 12.8 Å². The summed E-state index contributed by atoms with van der Waals surface area (Å²) in [6.07, 6.45) is 5.67. The van der Waals surface area contributed by atoms with E-state index < -0.39 is 4.92 Å². The van der Waals surface area contributed by atoms with Gasteiger partial charge in [0.25, 0.3) is 5.69 Å². The number of non-ortho nitro benzene ring substituents is 1. The standard InChI is InChI=1S/C18H16N6O2/c25-24(26)15-5-3-13(4-6-15)20-17-11-16(12-7-9-19-10-8-12)22-18(23-17)21-14-1-2-14/h3-11,14H,1-2H2,(H2,20,21,22,23). The Morgan fingerprint density at radius 2 is 1.77 bits per heavy atom. The van der Waals surface area contributed by atoms with E-state index in [1.165, 1.54) is 12.1 Å². The fourth-order valence-corrected chi connectivity index (χ4v) is 2.47. The van der Waals surface area contributed by atoms with Gasteiger partial charge in [0.15, 0.2) is 0 Å². The van der Waals surface area contributed by atoms with Crippen molar-refractivity contribution < 1.29 is 4.92 Å². The average Bonchev–Trinajstić information content (AvgIpc) is 3.47. The van der Waals surface area contributed by atoms with Crippen LogP contribution in [-0.2, 0) is 0 Å². The topological polar surface area (TPSA) is 106 Å². The number of nitro groups is 1. The molecule has 0 saturated heterocycles. The molecule has 1 aromatic carbocycles. The second-order valence-corrected chi connectivity index (χ2v) is 6.05. The Morgan fingerprint density at radius 3 is 2.42 bits per heavy atom. The molecule has 1 aliphatic rings. The quantitative estimate of drug-likeness (QED) is 0.516. The van der Waals surface area contributed by atoms with Gasteiger partial charge in [-0.05, 0) is 37.1 Å². The highest BCUT2D eigenvalue weighted by atomic mass is 16.6. The fourth-order valence-electron chi connectivity index (χ4n) is 2.47. The lowest BCUT2D eigenvalue weighted by Crippen LogP contribution is -2.07. The van der Waals surface area contributed by atoms with Gasteiger partial charge in [-0.3, -0.25) is 15.1 Å². The summed E-state index contributed by atoms with van der Waals surface area (Å²) in [7, 11) is 0. The van der Waals surface area contributed by atoms with Crippen LogP contribution < -0.4 is 10.6 Å². The van der Waals surface area contributed by atoms with E-state index in [0.29, 0.717) is 23.5 Å². The maximum Gasteiger partial charge on any atom is 0.269 e. The second kappa shape index (κ2) is 6.75. The van der Waals surface area contributed by atoms with Gasteiger partial charge in [-0.2, -0.15) is 4.98 Å². The summed E-state index contributed by atoms with van der Waals surface area (Å²) in [5, 5.41) is 17.3. The van der Waals surface area contributed by atoms with Gasteiger partial charge in [0.1, 0.15) is 5.82 Å². The lowest BCUT2D eigenvalue weighted by molar-refractivity contribution is -0.384. The first kappa shape index (κ1) is 15.9. The third kappa shape index (κ3) is 3.75. The second-order valence-electron chi connectivity index (χ2n) is 6.05. The summed E-state index contributed by atoms with van der Waals surface area (Å²) in [6, 6.07) is 12.3. The van der Waals surface area contributed by atoms with E-state index in [1.807, 2.05) is 18.2 Å². The van der Waals surface area contributed by atoms with Gasteiger partial charge in [-0.1, -0.05) is 0 Å². The normalized spacial score (nSPS) is 13.2. The SMILES string of the molecule is O=[N+]([O-])c1ccc(Nc2cc(-c3ccncc3)nc(NC3CC3)n2)cc1. The molecule has 2 N–H and O–H groups in total. The minimum atomic E-state index is -0.423. The third-order valence-electron chi connectivity index (χ3n) is 3.96. The molecule has 0 amide bonds. The Hall–Kier alpha value is -3.55. The van der Waals surface area contributed by atoms with E-state index in [9.17, 15) is 10.1 Å². The van der Waals surface area contributed by atoms with Crippen LogP contribution in [0.4, 0.5) is 23.1 Å². The molecule has 2 heterocycles. The lowest BCUT2D eigenvalue weighted by atomic mass is 10.2. The van der Waals surface area contributed by atoms with Crippen LogP contribution in [0, 0.1) is 10.1 Å². The van der Waals surface area contributed by atoms with Crippen LogP contribution in [0.2, 0.25) is 0 Å². The van der Waals surface area contributed by atoms with Gasteiger partial charge in [-0.25, -0.2) is 4.98 Å². The first-order chi connectivity index (χ1) is 12.7. The fraction of sp³-hybridized carbons (Fsp3) is 0.167. The van der Waals surface area contributed by atoms with Gasteiger partial charge < -0.3 is 10.6 Å². The molecule has 3 aromatic rings. The Kier molecular flexibility index (Phi) is 4.14. The van der Waals surface area contributed by atoms with Crippen molar-refractivity contribution in [3.8, 4) is 11.3 Å². The Labute approximate surface area is 149 Å². The number of hydrogen-bond donors (Lipinski definition) is 2. The number of benzene rings is 1. The zero-order valence-electron chi connectivity index (χ0n) is 13.8.